The molecule has 3 aromatic rings. The second kappa shape index (κ2) is 9.87. The first-order chi connectivity index (χ1) is 18.0. The molecule has 0 saturated heterocycles. The van der Waals surface area contributed by atoms with Gasteiger partial charge >= 0.3 is 6.09 Å². The monoisotopic (exact) mass is 513 g/mol. The molecular formula is C33H39NO4. The van der Waals surface area contributed by atoms with E-state index >= 15 is 0 Å². The lowest BCUT2D eigenvalue weighted by molar-refractivity contribution is 0.0180. The van der Waals surface area contributed by atoms with Gasteiger partial charge in [0.2, 0.25) is 0 Å². The summed E-state index contributed by atoms with van der Waals surface area (Å²) < 4.78 is 5.58. The molecule has 200 valence electrons. The van der Waals surface area contributed by atoms with Crippen molar-refractivity contribution in [2.75, 3.05) is 13.2 Å². The number of alkyl carbamates (subject to hydrolysis) is 1. The molecule has 0 fully saturated rings. The number of rotatable bonds is 6. The molecule has 0 radical (unpaired) electrons. The predicted molar refractivity (Wildman–Crippen MR) is 151 cm³/mol. The number of carbonyl (C=O) groups excluding carboxylic acids is 1. The fraction of sp³-hybridized carbons (Fsp3) is 0.424. The minimum absolute atomic E-state index is 0.00247. The van der Waals surface area contributed by atoms with Crippen molar-refractivity contribution in [3.63, 3.8) is 0 Å². The van der Waals surface area contributed by atoms with Crippen LogP contribution in [0.4, 0.5) is 4.79 Å². The van der Waals surface area contributed by atoms with Crippen molar-refractivity contribution >= 4 is 6.09 Å². The number of benzene rings is 3. The van der Waals surface area contributed by atoms with E-state index in [-0.39, 0.29) is 29.9 Å². The first-order valence-electron chi connectivity index (χ1n) is 13.6. The molecule has 0 spiro atoms. The van der Waals surface area contributed by atoms with Gasteiger partial charge in [-0.15, -0.1) is 0 Å². The van der Waals surface area contributed by atoms with Gasteiger partial charge in [0.1, 0.15) is 18.8 Å². The lowest BCUT2D eigenvalue weighted by atomic mass is 9.62. The number of hydrogen-bond acceptors (Lipinski definition) is 4. The molecule has 2 unspecified atom stereocenters. The molecule has 2 atom stereocenters. The van der Waals surface area contributed by atoms with Crippen LogP contribution in [0.5, 0.6) is 0 Å². The van der Waals surface area contributed by atoms with E-state index in [0.29, 0.717) is 5.56 Å². The third-order valence-corrected chi connectivity index (χ3v) is 8.72. The van der Waals surface area contributed by atoms with Crippen molar-refractivity contribution in [1.82, 2.24) is 5.32 Å². The Balaban J connectivity index is 1.23. The Hall–Kier alpha value is -3.15. The summed E-state index contributed by atoms with van der Waals surface area (Å²) in [4.78, 5) is 12.6. The zero-order valence-corrected chi connectivity index (χ0v) is 23.0. The Kier molecular flexibility index (Phi) is 6.87. The number of carbonyl (C=O) groups is 1. The van der Waals surface area contributed by atoms with Crippen molar-refractivity contribution in [3.05, 3.63) is 94.0 Å². The van der Waals surface area contributed by atoms with Gasteiger partial charge in [-0.25, -0.2) is 4.79 Å². The third-order valence-electron chi connectivity index (χ3n) is 8.72. The second-order valence-corrected chi connectivity index (χ2v) is 12.2. The topological polar surface area (TPSA) is 78.8 Å². The predicted octanol–water partition coefficient (Wildman–Crippen LogP) is 6.28. The standard InChI is InChI=1S/C33H39NO4/c1-20-16-27-28(33(4,5)15-14-32(27,2)3)17-25(20)30(36)29(35)18-34-31(37)38-19-26-23-12-8-6-10-21(23)22-11-7-9-13-24(22)26/h6-13,16-17,26,29-30,35-36H,14-15,18-19H2,1-5H3,(H,34,37). The lowest BCUT2D eigenvalue weighted by Crippen LogP contribution is -2.37. The molecule has 5 rings (SSSR count). The van der Waals surface area contributed by atoms with Gasteiger partial charge < -0.3 is 20.3 Å². The highest BCUT2D eigenvalue weighted by atomic mass is 16.5. The highest BCUT2D eigenvalue weighted by Crippen LogP contribution is 2.47. The Bertz CT molecular complexity index is 1310. The number of aliphatic hydroxyl groups excluding tert-OH is 2. The molecule has 2 aliphatic rings. The first kappa shape index (κ1) is 26.5. The maximum Gasteiger partial charge on any atom is 0.407 e. The van der Waals surface area contributed by atoms with E-state index in [1.54, 1.807) is 0 Å². The molecule has 0 bridgehead atoms. The van der Waals surface area contributed by atoms with E-state index in [9.17, 15) is 15.0 Å². The SMILES string of the molecule is Cc1cc2c(cc1C(O)C(O)CNC(=O)OCC1c3ccccc3-c3ccccc31)C(C)(C)CCC2(C)C. The zero-order chi connectivity index (χ0) is 27.2. The molecule has 3 aromatic carbocycles. The van der Waals surface area contributed by atoms with Crippen LogP contribution in [0.1, 0.15) is 85.9 Å². The van der Waals surface area contributed by atoms with Crippen molar-refractivity contribution in [2.24, 2.45) is 0 Å². The summed E-state index contributed by atoms with van der Waals surface area (Å²) in [6, 6.07) is 20.6. The van der Waals surface area contributed by atoms with Gasteiger partial charge in [0.25, 0.3) is 0 Å². The van der Waals surface area contributed by atoms with Crippen LogP contribution in [0.25, 0.3) is 11.1 Å². The Morgan fingerprint density at radius 1 is 0.921 bits per heavy atom. The normalized spacial score (nSPS) is 18.6. The summed E-state index contributed by atoms with van der Waals surface area (Å²) in [7, 11) is 0. The molecule has 5 heteroatoms. The third kappa shape index (κ3) is 4.74. The number of hydrogen-bond donors (Lipinski definition) is 3. The zero-order valence-electron chi connectivity index (χ0n) is 23.0. The van der Waals surface area contributed by atoms with E-state index in [1.807, 2.05) is 31.2 Å². The molecule has 0 saturated carbocycles. The number of ether oxygens (including phenoxy) is 1. The number of aryl methyl sites for hydroxylation is 1. The van der Waals surface area contributed by atoms with Gasteiger partial charge in [0.15, 0.2) is 0 Å². The van der Waals surface area contributed by atoms with Crippen LogP contribution in [0.15, 0.2) is 60.7 Å². The van der Waals surface area contributed by atoms with E-state index in [2.05, 4.69) is 69.4 Å². The number of nitrogens with one attached hydrogen (secondary N) is 1. The van der Waals surface area contributed by atoms with Gasteiger partial charge in [0.05, 0.1) is 0 Å². The summed E-state index contributed by atoms with van der Waals surface area (Å²) in [5.74, 6) is -0.0330. The summed E-state index contributed by atoms with van der Waals surface area (Å²) in [5.41, 5.74) is 8.89. The van der Waals surface area contributed by atoms with Crippen molar-refractivity contribution in [3.8, 4) is 11.1 Å². The largest absolute Gasteiger partial charge is 0.449 e. The smallest absolute Gasteiger partial charge is 0.407 e. The van der Waals surface area contributed by atoms with Crippen molar-refractivity contribution < 1.29 is 19.7 Å². The van der Waals surface area contributed by atoms with Crippen LogP contribution in [0.2, 0.25) is 0 Å². The Morgan fingerprint density at radius 2 is 1.45 bits per heavy atom. The molecule has 38 heavy (non-hydrogen) atoms. The minimum atomic E-state index is -1.16. The summed E-state index contributed by atoms with van der Waals surface area (Å²) in [5, 5.41) is 24.5. The van der Waals surface area contributed by atoms with E-state index in [4.69, 9.17) is 4.74 Å². The van der Waals surface area contributed by atoms with Crippen molar-refractivity contribution in [2.45, 2.75) is 76.4 Å². The minimum Gasteiger partial charge on any atom is -0.449 e. The average molecular weight is 514 g/mol. The summed E-state index contributed by atoms with van der Waals surface area (Å²) >= 11 is 0. The van der Waals surface area contributed by atoms with E-state index in [1.165, 1.54) is 22.3 Å². The van der Waals surface area contributed by atoms with Crippen LogP contribution < -0.4 is 5.32 Å². The second-order valence-electron chi connectivity index (χ2n) is 12.2. The van der Waals surface area contributed by atoms with Gasteiger partial charge in [-0.3, -0.25) is 0 Å². The van der Waals surface area contributed by atoms with Crippen molar-refractivity contribution in [1.29, 1.82) is 0 Å². The fourth-order valence-electron chi connectivity index (χ4n) is 6.21. The average Bonchev–Trinajstić information content (AvgIpc) is 3.22. The molecule has 0 aliphatic heterocycles. The maximum atomic E-state index is 12.6. The van der Waals surface area contributed by atoms with E-state index in [0.717, 1.165) is 29.5 Å². The summed E-state index contributed by atoms with van der Waals surface area (Å²) in [6.45, 7) is 11.1. The van der Waals surface area contributed by atoms with Crippen LogP contribution in [-0.2, 0) is 15.6 Å². The quantitative estimate of drug-likeness (QED) is 0.363. The number of fused-ring (bicyclic) bond motifs is 4. The van der Waals surface area contributed by atoms with Crippen LogP contribution in [0.3, 0.4) is 0 Å². The highest BCUT2D eigenvalue weighted by molar-refractivity contribution is 5.79. The highest BCUT2D eigenvalue weighted by Gasteiger charge is 2.38. The van der Waals surface area contributed by atoms with E-state index < -0.39 is 18.3 Å². The molecule has 3 N–H and O–H groups in total. The first-order valence-corrected chi connectivity index (χ1v) is 13.6. The van der Waals surface area contributed by atoms with Crippen LogP contribution >= 0.6 is 0 Å². The molecule has 2 aliphatic carbocycles. The van der Waals surface area contributed by atoms with Gasteiger partial charge in [-0.05, 0) is 75.1 Å². The summed E-state index contributed by atoms with van der Waals surface area (Å²) in [6.07, 6.45) is -0.705. The van der Waals surface area contributed by atoms with Gasteiger partial charge in [0, 0.05) is 12.5 Å². The number of aliphatic hydroxyl groups is 2. The lowest BCUT2D eigenvalue weighted by Gasteiger charge is -2.42. The Morgan fingerprint density at radius 3 is 2.03 bits per heavy atom. The molecule has 5 nitrogen and oxygen atoms in total. The van der Waals surface area contributed by atoms with Crippen LogP contribution in [-0.4, -0.2) is 35.6 Å². The molecular weight excluding hydrogens is 474 g/mol. The number of amides is 1. The molecule has 0 heterocycles. The Labute approximate surface area is 225 Å². The van der Waals surface area contributed by atoms with Crippen LogP contribution in [0, 0.1) is 6.92 Å². The molecule has 0 aromatic heterocycles. The fourth-order valence-corrected chi connectivity index (χ4v) is 6.21. The maximum absolute atomic E-state index is 12.6. The molecule has 1 amide bonds. The van der Waals surface area contributed by atoms with Gasteiger partial charge in [-0.1, -0.05) is 88.4 Å². The van der Waals surface area contributed by atoms with Gasteiger partial charge in [-0.2, -0.15) is 0 Å².